The summed E-state index contributed by atoms with van der Waals surface area (Å²) in [6.45, 7) is 6.05. The Labute approximate surface area is 119 Å². The molecule has 4 nitrogen and oxygen atoms in total. The SMILES string of the molecule is CCc1ccc(NC(=O)C[C@@H](C)n2ccc(C)n2)cc1. The van der Waals surface area contributed by atoms with Crippen molar-refractivity contribution in [1.82, 2.24) is 9.78 Å². The summed E-state index contributed by atoms with van der Waals surface area (Å²) in [6.07, 6.45) is 3.32. The quantitative estimate of drug-likeness (QED) is 0.906. The molecule has 1 aromatic carbocycles. The summed E-state index contributed by atoms with van der Waals surface area (Å²) < 4.78 is 1.83. The van der Waals surface area contributed by atoms with E-state index in [4.69, 9.17) is 0 Å². The van der Waals surface area contributed by atoms with Crippen molar-refractivity contribution in [1.29, 1.82) is 0 Å². The highest BCUT2D eigenvalue weighted by Gasteiger charge is 2.11. The number of amides is 1. The first-order valence-corrected chi connectivity index (χ1v) is 6.99. The third kappa shape index (κ3) is 3.70. The number of benzene rings is 1. The Kier molecular flexibility index (Phi) is 4.56. The molecule has 4 heteroatoms. The maximum Gasteiger partial charge on any atom is 0.226 e. The molecular formula is C16H21N3O. The van der Waals surface area contributed by atoms with E-state index in [0.29, 0.717) is 6.42 Å². The van der Waals surface area contributed by atoms with Gasteiger partial charge in [0.2, 0.25) is 5.91 Å². The normalized spacial score (nSPS) is 12.2. The molecule has 0 saturated carbocycles. The minimum absolute atomic E-state index is 0.00917. The van der Waals surface area contributed by atoms with Gasteiger partial charge in [-0.3, -0.25) is 9.48 Å². The van der Waals surface area contributed by atoms with Crippen molar-refractivity contribution in [3.05, 3.63) is 47.8 Å². The lowest BCUT2D eigenvalue weighted by Gasteiger charge is -2.12. The van der Waals surface area contributed by atoms with Gasteiger partial charge in [-0.2, -0.15) is 5.10 Å². The monoisotopic (exact) mass is 271 g/mol. The summed E-state index contributed by atoms with van der Waals surface area (Å²) >= 11 is 0. The summed E-state index contributed by atoms with van der Waals surface area (Å²) in [5.41, 5.74) is 3.08. The summed E-state index contributed by atoms with van der Waals surface area (Å²) in [5, 5.41) is 7.25. The van der Waals surface area contributed by atoms with Crippen molar-refractivity contribution in [3.63, 3.8) is 0 Å². The molecule has 1 amide bonds. The number of hydrogen-bond acceptors (Lipinski definition) is 2. The van der Waals surface area contributed by atoms with E-state index in [9.17, 15) is 4.79 Å². The highest BCUT2D eigenvalue weighted by Crippen LogP contribution is 2.14. The van der Waals surface area contributed by atoms with Gasteiger partial charge in [0.15, 0.2) is 0 Å². The van der Waals surface area contributed by atoms with Gasteiger partial charge in [-0.1, -0.05) is 19.1 Å². The van der Waals surface area contributed by atoms with Gasteiger partial charge in [0.1, 0.15) is 0 Å². The number of carbonyl (C=O) groups excluding carboxylic acids is 1. The van der Waals surface area contributed by atoms with E-state index in [1.165, 1.54) is 5.56 Å². The van der Waals surface area contributed by atoms with E-state index in [2.05, 4.69) is 17.3 Å². The minimum atomic E-state index is 0.00917. The standard InChI is InChI=1S/C16H21N3O/c1-4-14-5-7-15(8-6-14)17-16(20)11-13(3)19-10-9-12(2)18-19/h5-10,13H,4,11H2,1-3H3,(H,17,20)/t13-/m1/s1. The number of nitrogens with one attached hydrogen (secondary N) is 1. The van der Waals surface area contributed by atoms with Crippen LogP contribution in [0.5, 0.6) is 0 Å². The predicted octanol–water partition coefficient (Wildman–Crippen LogP) is 3.34. The smallest absolute Gasteiger partial charge is 0.226 e. The van der Waals surface area contributed by atoms with Gasteiger partial charge >= 0.3 is 0 Å². The molecule has 0 radical (unpaired) electrons. The summed E-state index contributed by atoms with van der Waals surface area (Å²) in [6, 6.07) is 9.96. The van der Waals surface area contributed by atoms with Gasteiger partial charge < -0.3 is 5.32 Å². The van der Waals surface area contributed by atoms with Gasteiger partial charge in [0, 0.05) is 18.3 Å². The fourth-order valence-corrected chi connectivity index (χ4v) is 2.08. The van der Waals surface area contributed by atoms with Gasteiger partial charge in [-0.15, -0.1) is 0 Å². The van der Waals surface area contributed by atoms with E-state index in [1.54, 1.807) is 0 Å². The molecule has 0 aliphatic carbocycles. The number of nitrogens with zero attached hydrogens (tertiary/aromatic N) is 2. The molecule has 0 bridgehead atoms. The highest BCUT2D eigenvalue weighted by molar-refractivity contribution is 5.90. The Balaban J connectivity index is 1.91. The Hall–Kier alpha value is -2.10. The van der Waals surface area contributed by atoms with E-state index in [-0.39, 0.29) is 11.9 Å². The van der Waals surface area contributed by atoms with Crippen molar-refractivity contribution in [3.8, 4) is 0 Å². The predicted molar refractivity (Wildman–Crippen MR) is 80.7 cm³/mol. The number of hydrogen-bond donors (Lipinski definition) is 1. The maximum absolute atomic E-state index is 12.0. The molecule has 2 rings (SSSR count). The second kappa shape index (κ2) is 6.37. The average molecular weight is 271 g/mol. The highest BCUT2D eigenvalue weighted by atomic mass is 16.1. The third-order valence-corrected chi connectivity index (χ3v) is 3.32. The van der Waals surface area contributed by atoms with Crippen LogP contribution in [0.2, 0.25) is 0 Å². The zero-order chi connectivity index (χ0) is 14.5. The fourth-order valence-electron chi connectivity index (χ4n) is 2.08. The van der Waals surface area contributed by atoms with Gasteiger partial charge in [0.05, 0.1) is 11.7 Å². The van der Waals surface area contributed by atoms with Gasteiger partial charge in [-0.25, -0.2) is 0 Å². The minimum Gasteiger partial charge on any atom is -0.326 e. The molecule has 1 heterocycles. The molecule has 1 N–H and O–H groups in total. The number of aryl methyl sites for hydroxylation is 2. The van der Waals surface area contributed by atoms with E-state index < -0.39 is 0 Å². The molecule has 20 heavy (non-hydrogen) atoms. The van der Waals surface area contributed by atoms with Crippen LogP contribution in [0.1, 0.15) is 37.6 Å². The largest absolute Gasteiger partial charge is 0.326 e. The second-order valence-electron chi connectivity index (χ2n) is 5.09. The molecule has 0 unspecified atom stereocenters. The second-order valence-corrected chi connectivity index (χ2v) is 5.09. The lowest BCUT2D eigenvalue weighted by molar-refractivity contribution is -0.116. The summed E-state index contributed by atoms with van der Waals surface area (Å²) in [7, 11) is 0. The van der Waals surface area contributed by atoms with Gasteiger partial charge in [-0.05, 0) is 44.0 Å². The van der Waals surface area contributed by atoms with Crippen LogP contribution in [0.15, 0.2) is 36.5 Å². The maximum atomic E-state index is 12.0. The molecule has 2 aromatic rings. The van der Waals surface area contributed by atoms with Crippen LogP contribution >= 0.6 is 0 Å². The van der Waals surface area contributed by atoms with Crippen molar-refractivity contribution in [2.45, 2.75) is 39.7 Å². The lowest BCUT2D eigenvalue weighted by Crippen LogP contribution is -2.18. The molecule has 106 valence electrons. The zero-order valence-electron chi connectivity index (χ0n) is 12.3. The van der Waals surface area contributed by atoms with Crippen LogP contribution in [-0.4, -0.2) is 15.7 Å². The first-order valence-electron chi connectivity index (χ1n) is 6.99. The van der Waals surface area contributed by atoms with Crippen LogP contribution in [0.25, 0.3) is 0 Å². The van der Waals surface area contributed by atoms with Crippen molar-refractivity contribution in [2.75, 3.05) is 5.32 Å². The molecule has 1 aromatic heterocycles. The fraction of sp³-hybridized carbons (Fsp3) is 0.375. The molecule has 0 spiro atoms. The molecule has 0 saturated heterocycles. The Morgan fingerprint density at radius 2 is 2.00 bits per heavy atom. The Bertz CT molecular complexity index is 572. The van der Waals surface area contributed by atoms with Crippen LogP contribution in [-0.2, 0) is 11.2 Å². The van der Waals surface area contributed by atoms with Crippen molar-refractivity contribution in [2.24, 2.45) is 0 Å². The van der Waals surface area contributed by atoms with Crippen LogP contribution in [0.4, 0.5) is 5.69 Å². The summed E-state index contributed by atoms with van der Waals surface area (Å²) in [4.78, 5) is 12.0. The van der Waals surface area contributed by atoms with Crippen LogP contribution < -0.4 is 5.32 Å². The van der Waals surface area contributed by atoms with Crippen LogP contribution in [0.3, 0.4) is 0 Å². The van der Waals surface area contributed by atoms with Crippen molar-refractivity contribution >= 4 is 11.6 Å². The van der Waals surface area contributed by atoms with Crippen LogP contribution in [0, 0.1) is 6.92 Å². The van der Waals surface area contributed by atoms with Gasteiger partial charge in [0.25, 0.3) is 0 Å². The first-order chi connectivity index (χ1) is 9.58. The molecule has 0 aliphatic rings. The third-order valence-electron chi connectivity index (χ3n) is 3.32. The average Bonchev–Trinajstić information content (AvgIpc) is 2.86. The number of carbonyl (C=O) groups is 1. The molecule has 0 aliphatic heterocycles. The zero-order valence-corrected chi connectivity index (χ0v) is 12.3. The Morgan fingerprint density at radius 1 is 1.30 bits per heavy atom. The summed E-state index contributed by atoms with van der Waals surface area (Å²) in [5.74, 6) is 0.00917. The van der Waals surface area contributed by atoms with Crippen molar-refractivity contribution < 1.29 is 4.79 Å². The molecule has 1 atom stereocenters. The molecule has 0 fully saturated rings. The number of anilines is 1. The number of aromatic nitrogens is 2. The lowest BCUT2D eigenvalue weighted by atomic mass is 10.1. The topological polar surface area (TPSA) is 46.9 Å². The van der Waals surface area contributed by atoms with E-state index in [1.807, 2.05) is 55.1 Å². The molecular weight excluding hydrogens is 250 g/mol. The van der Waals surface area contributed by atoms with E-state index in [0.717, 1.165) is 17.8 Å². The van der Waals surface area contributed by atoms with E-state index >= 15 is 0 Å². The Morgan fingerprint density at radius 3 is 2.55 bits per heavy atom. The number of rotatable bonds is 5. The first kappa shape index (κ1) is 14.3.